The zero-order chi connectivity index (χ0) is 21.5. The van der Waals surface area contributed by atoms with Crippen LogP contribution < -0.4 is 15.3 Å². The quantitative estimate of drug-likeness (QED) is 0.505. The van der Waals surface area contributed by atoms with Crippen molar-refractivity contribution in [3.05, 3.63) is 59.9 Å². The number of carboxylic acids is 1. The second kappa shape index (κ2) is 9.80. The summed E-state index contributed by atoms with van der Waals surface area (Å²) in [6, 6.07) is 11.4. The molecule has 2 aromatic carbocycles. The van der Waals surface area contributed by atoms with E-state index in [0.717, 1.165) is 25.3 Å². The van der Waals surface area contributed by atoms with Gasteiger partial charge in [0.1, 0.15) is 25.3 Å². The number of anilines is 2. The molecule has 2 N–H and O–H groups in total. The van der Waals surface area contributed by atoms with Crippen LogP contribution in [0, 0.1) is 0 Å². The summed E-state index contributed by atoms with van der Waals surface area (Å²) >= 11 is 0. The monoisotopic (exact) mass is 408 g/mol. The van der Waals surface area contributed by atoms with Crippen molar-refractivity contribution in [3.8, 4) is 0 Å². The Bertz CT molecular complexity index is 1030. The first-order chi connectivity index (χ1) is 14.5. The average molecular weight is 408 g/mol. The molecule has 0 aliphatic heterocycles. The van der Waals surface area contributed by atoms with Crippen molar-refractivity contribution >= 4 is 34.3 Å². The zero-order valence-electron chi connectivity index (χ0n) is 17.0. The summed E-state index contributed by atoms with van der Waals surface area (Å²) in [5, 5.41) is 14.9. The first kappa shape index (κ1) is 21.2. The number of esters is 1. The molecule has 8 nitrogen and oxygen atoms in total. The van der Waals surface area contributed by atoms with Gasteiger partial charge in [0.15, 0.2) is 0 Å². The molecule has 0 aliphatic carbocycles. The number of hydrogen-bond acceptors (Lipinski definition) is 7. The van der Waals surface area contributed by atoms with Crippen molar-refractivity contribution in [2.75, 3.05) is 31.6 Å². The van der Waals surface area contributed by atoms with Gasteiger partial charge in [0, 0.05) is 11.1 Å². The summed E-state index contributed by atoms with van der Waals surface area (Å²) in [6.45, 7) is 7.39. The summed E-state index contributed by atoms with van der Waals surface area (Å²) in [5.74, 6) is -1.08. The summed E-state index contributed by atoms with van der Waals surface area (Å²) in [6.07, 6.45) is 1.35. The van der Waals surface area contributed by atoms with Crippen molar-refractivity contribution in [3.63, 3.8) is 0 Å². The van der Waals surface area contributed by atoms with Gasteiger partial charge in [-0.15, -0.1) is 0 Å². The normalized spacial score (nSPS) is 10.9. The lowest BCUT2D eigenvalue weighted by Crippen LogP contribution is -3.11. The molecule has 0 radical (unpaired) electrons. The van der Waals surface area contributed by atoms with E-state index in [-0.39, 0.29) is 11.5 Å². The number of carboxylic acid groups (broad SMARTS) is 1. The fraction of sp³-hybridized carbons (Fsp3) is 0.273. The maximum Gasteiger partial charge on any atom is 0.338 e. The van der Waals surface area contributed by atoms with Crippen LogP contribution in [0.1, 0.15) is 34.6 Å². The molecule has 3 aromatic rings. The molecule has 0 aliphatic rings. The van der Waals surface area contributed by atoms with Gasteiger partial charge < -0.3 is 24.9 Å². The van der Waals surface area contributed by atoms with Gasteiger partial charge in [-0.2, -0.15) is 0 Å². The molecule has 0 spiro atoms. The van der Waals surface area contributed by atoms with Crippen LogP contribution in [-0.2, 0) is 4.74 Å². The van der Waals surface area contributed by atoms with Crippen molar-refractivity contribution in [1.29, 1.82) is 0 Å². The molecule has 0 unspecified atom stereocenters. The van der Waals surface area contributed by atoms with Crippen molar-refractivity contribution in [2.45, 2.75) is 13.8 Å². The van der Waals surface area contributed by atoms with Crippen molar-refractivity contribution in [1.82, 2.24) is 9.97 Å². The molecular formula is C22H24N4O4. The zero-order valence-corrected chi connectivity index (χ0v) is 17.0. The lowest BCUT2D eigenvalue weighted by Gasteiger charge is -2.15. The number of nitrogens with one attached hydrogen (secondary N) is 2. The molecule has 0 atom stereocenters. The number of rotatable bonds is 9. The summed E-state index contributed by atoms with van der Waals surface area (Å²) in [7, 11) is 0. The smallest absolute Gasteiger partial charge is 0.338 e. The minimum atomic E-state index is -1.26. The first-order valence-corrected chi connectivity index (χ1v) is 9.85. The fourth-order valence-corrected chi connectivity index (χ4v) is 3.08. The van der Waals surface area contributed by atoms with E-state index in [1.165, 1.54) is 23.4 Å². The Morgan fingerprint density at radius 1 is 1.03 bits per heavy atom. The van der Waals surface area contributed by atoms with Crippen LogP contribution in [-0.4, -0.2) is 48.1 Å². The van der Waals surface area contributed by atoms with E-state index in [1.807, 2.05) is 0 Å². The Balaban J connectivity index is 1.67. The molecular weight excluding hydrogens is 384 g/mol. The highest BCUT2D eigenvalue weighted by molar-refractivity contribution is 5.96. The molecule has 3 rings (SSSR count). The molecule has 0 fully saturated rings. The lowest BCUT2D eigenvalue weighted by molar-refractivity contribution is -0.896. The Hall–Kier alpha value is -3.52. The average Bonchev–Trinajstić information content (AvgIpc) is 2.77. The molecule has 0 amide bonds. The van der Waals surface area contributed by atoms with Crippen LogP contribution in [0.4, 0.5) is 11.5 Å². The minimum absolute atomic E-state index is 0.0533. The number of fused-ring (bicyclic) bond motifs is 1. The van der Waals surface area contributed by atoms with E-state index in [2.05, 4.69) is 29.1 Å². The third-order valence-electron chi connectivity index (χ3n) is 4.94. The number of likely N-dealkylation sites (N-methyl/N-ethyl adjacent to an activating group) is 1. The van der Waals surface area contributed by atoms with Gasteiger partial charge in [-0.05, 0) is 55.8 Å². The Labute approximate surface area is 174 Å². The molecule has 30 heavy (non-hydrogen) atoms. The Kier molecular flexibility index (Phi) is 6.92. The first-order valence-electron chi connectivity index (χ1n) is 9.85. The maximum absolute atomic E-state index is 12.2. The summed E-state index contributed by atoms with van der Waals surface area (Å²) < 4.78 is 5.35. The van der Waals surface area contributed by atoms with Gasteiger partial charge >= 0.3 is 5.97 Å². The van der Waals surface area contributed by atoms with Crippen LogP contribution in [0.2, 0.25) is 0 Å². The lowest BCUT2D eigenvalue weighted by atomic mass is 10.1. The van der Waals surface area contributed by atoms with Crippen LogP contribution in [0.25, 0.3) is 10.9 Å². The predicted molar refractivity (Wildman–Crippen MR) is 111 cm³/mol. The van der Waals surface area contributed by atoms with E-state index in [9.17, 15) is 14.7 Å². The van der Waals surface area contributed by atoms with E-state index in [4.69, 9.17) is 4.74 Å². The van der Waals surface area contributed by atoms with E-state index < -0.39 is 5.97 Å². The number of quaternary nitrogens is 1. The number of benzene rings is 2. The number of hydrogen-bond donors (Lipinski definition) is 2. The molecule has 0 bridgehead atoms. The fourth-order valence-electron chi connectivity index (χ4n) is 3.08. The minimum Gasteiger partial charge on any atom is -0.545 e. The summed E-state index contributed by atoms with van der Waals surface area (Å²) in [4.78, 5) is 33.0. The molecule has 1 heterocycles. The molecule has 8 heteroatoms. The largest absolute Gasteiger partial charge is 0.545 e. The molecule has 0 saturated heterocycles. The number of carbonyl (C=O) groups is 2. The molecule has 1 aromatic heterocycles. The Morgan fingerprint density at radius 3 is 2.40 bits per heavy atom. The van der Waals surface area contributed by atoms with Crippen molar-refractivity contribution in [2.24, 2.45) is 0 Å². The molecule has 156 valence electrons. The maximum atomic E-state index is 12.2. The van der Waals surface area contributed by atoms with E-state index in [1.54, 1.807) is 30.3 Å². The highest BCUT2D eigenvalue weighted by atomic mass is 16.5. The van der Waals surface area contributed by atoms with Crippen LogP contribution in [0.3, 0.4) is 0 Å². The summed E-state index contributed by atoms with van der Waals surface area (Å²) in [5.41, 5.74) is 1.74. The third-order valence-corrected chi connectivity index (χ3v) is 4.94. The number of aromatic nitrogens is 2. The van der Waals surface area contributed by atoms with Crippen LogP contribution in [0.5, 0.6) is 0 Å². The van der Waals surface area contributed by atoms with Gasteiger partial charge in [-0.25, -0.2) is 14.8 Å². The third kappa shape index (κ3) is 5.09. The van der Waals surface area contributed by atoms with Crippen LogP contribution in [0.15, 0.2) is 48.8 Å². The predicted octanol–water partition coefficient (Wildman–Crippen LogP) is 0.818. The van der Waals surface area contributed by atoms with Gasteiger partial charge in [0.2, 0.25) is 0 Å². The number of carbonyl (C=O) groups excluding carboxylic acids is 2. The second-order valence-electron chi connectivity index (χ2n) is 6.79. The second-order valence-corrected chi connectivity index (χ2v) is 6.79. The topological polar surface area (TPSA) is 109 Å². The Morgan fingerprint density at radius 2 is 1.73 bits per heavy atom. The van der Waals surface area contributed by atoms with Crippen LogP contribution >= 0.6 is 0 Å². The van der Waals surface area contributed by atoms with E-state index in [0.29, 0.717) is 28.9 Å². The van der Waals surface area contributed by atoms with Gasteiger partial charge in [-0.1, -0.05) is 6.07 Å². The number of aromatic carboxylic acids is 1. The SMILES string of the molecule is CC[NH+](CC)CCOC(=O)c1ccc(Nc2ncnc3cc(C(=O)[O-])ccc23)cc1. The van der Waals surface area contributed by atoms with Crippen molar-refractivity contribution < 1.29 is 24.3 Å². The van der Waals surface area contributed by atoms with Gasteiger partial charge in [0.25, 0.3) is 0 Å². The number of ether oxygens (including phenoxy) is 1. The standard InChI is InChI=1S/C22H24N4O4/c1-3-26(4-2)11-12-30-22(29)15-5-8-17(9-6-15)25-20-18-10-7-16(21(27)28)13-19(18)23-14-24-20/h5-10,13-14H,3-4,11-12H2,1-2H3,(H,27,28)(H,23,24,25). The van der Waals surface area contributed by atoms with Gasteiger partial charge in [0.05, 0.1) is 30.1 Å². The number of nitrogens with zero attached hydrogens (tertiary/aromatic N) is 2. The van der Waals surface area contributed by atoms with Gasteiger partial charge in [-0.3, -0.25) is 0 Å². The highest BCUT2D eigenvalue weighted by Crippen LogP contribution is 2.24. The van der Waals surface area contributed by atoms with E-state index >= 15 is 0 Å². The highest BCUT2D eigenvalue weighted by Gasteiger charge is 2.10. The molecule has 0 saturated carbocycles.